The van der Waals surface area contributed by atoms with Crippen molar-refractivity contribution in [2.75, 3.05) is 0 Å². The van der Waals surface area contributed by atoms with E-state index < -0.39 is 5.97 Å². The fraction of sp³-hybridized carbons (Fsp3) is 0. The van der Waals surface area contributed by atoms with Gasteiger partial charge in [-0.05, 0) is 6.08 Å². The third kappa shape index (κ3) is 9.29. The number of carbonyl (C=O) groups is 1. The first-order valence-electron chi connectivity index (χ1n) is 1.11. The van der Waals surface area contributed by atoms with Gasteiger partial charge in [0.25, 0.3) is 0 Å². The van der Waals surface area contributed by atoms with Crippen LogP contribution in [0.3, 0.4) is 0 Å². The second-order valence-electron chi connectivity index (χ2n) is 0.523. The topological polar surface area (TPSA) is 40.1 Å². The molecule has 0 fully saturated rings. The normalized spacial score (nSPS) is 5.33. The average Bonchev–Trinajstić information content (AvgIpc) is 1.38. The van der Waals surface area contributed by atoms with E-state index in [0.29, 0.717) is 0 Å². The fourth-order valence-electron chi connectivity index (χ4n) is 0. The molecule has 0 aliphatic carbocycles. The summed E-state index contributed by atoms with van der Waals surface area (Å²) in [6, 6.07) is 0. The maximum atomic E-state index is 9.14. The van der Waals surface area contributed by atoms with E-state index in [4.69, 9.17) is 9.90 Å². The van der Waals surface area contributed by atoms with Gasteiger partial charge >= 0.3 is 17.1 Å². The van der Waals surface area contributed by atoms with Crippen LogP contribution >= 0.6 is 0 Å². The van der Waals surface area contributed by atoms with Crippen LogP contribution in [0.15, 0.2) is 12.7 Å². The number of aliphatic carboxylic acids is 1. The summed E-state index contributed by atoms with van der Waals surface area (Å²) in [5.74, 6) is -1.23. The third-order valence-electron chi connectivity index (χ3n) is 0.167. The average molecular weight is 127 g/mol. The number of carboxylic acid groups (broad SMARTS) is 1. The third-order valence-corrected chi connectivity index (χ3v) is 0.167. The van der Waals surface area contributed by atoms with Gasteiger partial charge in [0.1, 0.15) is 0 Å². The Morgan fingerprint density at radius 1 is 1.83 bits per heavy atom. The molecule has 0 amide bonds. The van der Waals surface area contributed by atoms with Gasteiger partial charge in [0.05, 0.1) is 5.97 Å². The summed E-state index contributed by atoms with van der Waals surface area (Å²) >= 11 is 0. The molecule has 3 heteroatoms. The van der Waals surface area contributed by atoms with Gasteiger partial charge in [-0.1, -0.05) is 6.58 Å². The van der Waals surface area contributed by atoms with E-state index in [0.717, 1.165) is 6.08 Å². The molecule has 0 heterocycles. The zero-order valence-electron chi connectivity index (χ0n) is 2.95. The monoisotopic (exact) mass is 127 g/mol. The molecule has 0 atom stereocenters. The molecule has 33 valence electrons. The van der Waals surface area contributed by atoms with Gasteiger partial charge in [0, 0.05) is 0 Å². The molecule has 1 radical (unpaired) electrons. The van der Waals surface area contributed by atoms with Gasteiger partial charge in [-0.25, -0.2) is 0 Å². The van der Waals surface area contributed by atoms with E-state index >= 15 is 0 Å². The van der Waals surface area contributed by atoms with Crippen molar-refractivity contribution in [1.29, 1.82) is 0 Å². The Morgan fingerprint density at radius 2 is 2.00 bits per heavy atom. The molecule has 0 aliphatic heterocycles. The van der Waals surface area contributed by atoms with Crippen molar-refractivity contribution in [1.82, 2.24) is 0 Å². The summed E-state index contributed by atoms with van der Waals surface area (Å²) in [7, 11) is 0. The van der Waals surface area contributed by atoms with Crippen molar-refractivity contribution >= 4 is 5.97 Å². The molecular formula is C3H3FeO2+2. The molecule has 0 saturated carbocycles. The van der Waals surface area contributed by atoms with Crippen LogP contribution in [0.25, 0.3) is 0 Å². The molecule has 2 nitrogen and oxygen atoms in total. The zero-order chi connectivity index (χ0) is 4.28. The first-order chi connectivity index (χ1) is 2.27. The maximum Gasteiger partial charge on any atom is 3.00 e. The Hall–Kier alpha value is -0.271. The summed E-state index contributed by atoms with van der Waals surface area (Å²) in [5.41, 5.74) is 0. The van der Waals surface area contributed by atoms with Crippen LogP contribution in [0.5, 0.6) is 0 Å². The molecular weight excluding hydrogens is 124 g/mol. The number of rotatable bonds is 1. The Morgan fingerprint density at radius 3 is 2.00 bits per heavy atom. The van der Waals surface area contributed by atoms with Crippen LogP contribution < -0.4 is 5.11 Å². The van der Waals surface area contributed by atoms with Gasteiger partial charge in [0.15, 0.2) is 0 Å². The van der Waals surface area contributed by atoms with Crippen molar-refractivity contribution in [3.63, 3.8) is 0 Å². The van der Waals surface area contributed by atoms with Crippen LogP contribution in [0.1, 0.15) is 0 Å². The van der Waals surface area contributed by atoms with Crippen LogP contribution in [0, 0.1) is 0 Å². The van der Waals surface area contributed by atoms with E-state index in [1.807, 2.05) is 0 Å². The van der Waals surface area contributed by atoms with Crippen molar-refractivity contribution in [2.24, 2.45) is 0 Å². The number of hydrogen-bond acceptors (Lipinski definition) is 2. The molecule has 6 heavy (non-hydrogen) atoms. The number of carbonyl (C=O) groups excluding carboxylic acids is 1. The van der Waals surface area contributed by atoms with E-state index in [2.05, 4.69) is 6.58 Å². The largest absolute Gasteiger partial charge is 3.00 e. The first kappa shape index (κ1) is 9.21. The Kier molecular flexibility index (Phi) is 7.26. The smallest absolute Gasteiger partial charge is 0.545 e. The number of hydrogen-bond donors (Lipinski definition) is 0. The molecule has 0 aliphatic rings. The summed E-state index contributed by atoms with van der Waals surface area (Å²) in [6.07, 6.45) is 0.722. The van der Waals surface area contributed by atoms with Gasteiger partial charge in [-0.15, -0.1) is 0 Å². The van der Waals surface area contributed by atoms with Crippen LogP contribution in [0.4, 0.5) is 0 Å². The van der Waals surface area contributed by atoms with Crippen molar-refractivity contribution in [3.05, 3.63) is 12.7 Å². The summed E-state index contributed by atoms with van der Waals surface area (Å²) in [5, 5.41) is 9.14. The molecule has 0 aromatic heterocycles. The summed E-state index contributed by atoms with van der Waals surface area (Å²) in [6.45, 7) is 2.90. The molecule has 0 bridgehead atoms. The predicted octanol–water partition coefficient (Wildman–Crippen LogP) is -1.08. The molecule has 0 rings (SSSR count). The summed E-state index contributed by atoms with van der Waals surface area (Å²) < 4.78 is 0. The standard InChI is InChI=1S/C3H4O2.Fe/c1-2-3(4)5;/h2H,1H2,(H,4,5);/q;+3/p-1. The Balaban J connectivity index is 0. The van der Waals surface area contributed by atoms with Crippen molar-refractivity contribution < 1.29 is 27.0 Å². The minimum Gasteiger partial charge on any atom is -0.545 e. The molecule has 0 spiro atoms. The Bertz CT molecular complexity index is 59.8. The molecule has 0 aromatic carbocycles. The van der Waals surface area contributed by atoms with Crippen LogP contribution in [0.2, 0.25) is 0 Å². The van der Waals surface area contributed by atoms with E-state index in [9.17, 15) is 0 Å². The Labute approximate surface area is 46.3 Å². The van der Waals surface area contributed by atoms with Crippen LogP contribution in [-0.2, 0) is 21.9 Å². The van der Waals surface area contributed by atoms with Crippen molar-refractivity contribution in [2.45, 2.75) is 0 Å². The minimum absolute atomic E-state index is 0. The molecule has 0 N–H and O–H groups in total. The van der Waals surface area contributed by atoms with E-state index in [1.54, 1.807) is 0 Å². The van der Waals surface area contributed by atoms with Gasteiger partial charge in [-0.3, -0.25) is 0 Å². The van der Waals surface area contributed by atoms with E-state index in [-0.39, 0.29) is 17.1 Å². The minimum atomic E-state index is -1.23. The summed E-state index contributed by atoms with van der Waals surface area (Å²) in [4.78, 5) is 9.14. The fourth-order valence-corrected chi connectivity index (χ4v) is 0. The number of carboxylic acids is 1. The SMILES string of the molecule is C=CC(=O)[O-].[Fe+3]. The second-order valence-corrected chi connectivity index (χ2v) is 0.523. The zero-order valence-corrected chi connectivity index (χ0v) is 4.06. The molecule has 0 saturated heterocycles. The first-order valence-corrected chi connectivity index (χ1v) is 1.11. The second kappa shape index (κ2) is 4.73. The van der Waals surface area contributed by atoms with Crippen LogP contribution in [-0.4, -0.2) is 5.97 Å². The van der Waals surface area contributed by atoms with Gasteiger partial charge in [0.2, 0.25) is 0 Å². The van der Waals surface area contributed by atoms with E-state index in [1.165, 1.54) is 0 Å². The maximum absolute atomic E-state index is 9.14. The molecule has 0 aromatic rings. The van der Waals surface area contributed by atoms with Gasteiger partial charge < -0.3 is 9.90 Å². The van der Waals surface area contributed by atoms with Crippen molar-refractivity contribution in [3.8, 4) is 0 Å². The quantitative estimate of drug-likeness (QED) is 0.332. The molecule has 0 unspecified atom stereocenters. The predicted molar refractivity (Wildman–Crippen MR) is 15.2 cm³/mol. The van der Waals surface area contributed by atoms with Gasteiger partial charge in [-0.2, -0.15) is 0 Å².